The summed E-state index contributed by atoms with van der Waals surface area (Å²) in [4.78, 5) is 24.0. The highest BCUT2D eigenvalue weighted by molar-refractivity contribution is 6.07. The van der Waals surface area contributed by atoms with Gasteiger partial charge in [-0.3, -0.25) is 31.2 Å². The standard InChI is InChI=1S/C36H56N18O2.4ClH/c1-21(47-51-33(37)38)25-15-26(22(2)48-52-34(39)40)18-29(17-25)45-31(49-53-35(41)42)13-11-9-7-5-6-8-10-12-14-32(50-54-36(43)44)46-30-19-27(23(3)55)16-28(20-30)24(4)56;;;;/h15-20H,5-14H2,1-4H3,(H,45,49)(H,46,50)(H4,37,38,51)(H4,39,40,52)(H4,41,42,53)(H4,43,44,54);4*1H. The highest BCUT2D eigenvalue weighted by Crippen LogP contribution is 2.20. The van der Waals surface area contributed by atoms with Crippen molar-refractivity contribution in [2.75, 3.05) is 10.6 Å². The lowest BCUT2D eigenvalue weighted by molar-refractivity contribution is 0.101. The lowest BCUT2D eigenvalue weighted by Gasteiger charge is -2.14. The van der Waals surface area contributed by atoms with Crippen LogP contribution in [0.1, 0.15) is 124 Å². The van der Waals surface area contributed by atoms with Crippen LogP contribution in [0.25, 0.3) is 0 Å². The summed E-state index contributed by atoms with van der Waals surface area (Å²) in [5, 5.41) is 53.2. The fourth-order valence-corrected chi connectivity index (χ4v) is 5.17. The molecule has 0 heterocycles. The molecule has 0 bridgehead atoms. The summed E-state index contributed by atoms with van der Waals surface area (Å²) in [6.45, 7) is 6.40. The molecule has 18 N–H and O–H groups in total. The number of amidine groups is 2. The first-order valence-electron chi connectivity index (χ1n) is 18.0. The van der Waals surface area contributed by atoms with Gasteiger partial charge in [0.1, 0.15) is 11.7 Å². The number of nitrogens with zero attached hydrogens (tertiary/aromatic N) is 4. The number of ketones is 2. The highest BCUT2D eigenvalue weighted by Gasteiger charge is 2.12. The minimum Gasteiger partial charge on any atom is -0.369 e. The number of benzene rings is 2. The maximum atomic E-state index is 12.0. The van der Waals surface area contributed by atoms with Gasteiger partial charge in [0.2, 0.25) is 23.8 Å². The lowest BCUT2D eigenvalue weighted by atomic mass is 10.0. The molecule has 2 aromatic rings. The van der Waals surface area contributed by atoms with Crippen LogP contribution in [0.5, 0.6) is 0 Å². The summed E-state index contributed by atoms with van der Waals surface area (Å²) >= 11 is 0. The van der Waals surface area contributed by atoms with Crippen molar-refractivity contribution in [2.45, 2.75) is 91.9 Å². The van der Waals surface area contributed by atoms with Crippen molar-refractivity contribution in [3.05, 3.63) is 58.7 Å². The van der Waals surface area contributed by atoms with E-state index in [2.05, 4.69) is 52.7 Å². The summed E-state index contributed by atoms with van der Waals surface area (Å²) < 4.78 is 0. The number of hydrogen-bond donors (Lipinski definition) is 14. The number of unbranched alkanes of at least 4 members (excludes halogenated alkanes) is 7. The largest absolute Gasteiger partial charge is 0.369 e. The third kappa shape index (κ3) is 24.3. The van der Waals surface area contributed by atoms with E-state index >= 15 is 0 Å². The molecule has 24 heteroatoms. The Kier molecular flexibility index (Phi) is 30.5. The Labute approximate surface area is 375 Å². The average molecular weight is 919 g/mol. The predicted molar refractivity (Wildman–Crippen MR) is 255 cm³/mol. The molecule has 334 valence electrons. The van der Waals surface area contributed by atoms with E-state index in [4.69, 9.17) is 44.6 Å². The van der Waals surface area contributed by atoms with E-state index < -0.39 is 0 Å². The molecular formula is C36H60Cl4N18O2. The number of hydrogen-bond acceptors (Lipinski definition) is 10. The number of guanidine groups is 4. The molecule has 20 nitrogen and oxygen atoms in total. The molecule has 2 rings (SSSR count). The van der Waals surface area contributed by atoms with E-state index in [1.165, 1.54) is 13.8 Å². The van der Waals surface area contributed by atoms with E-state index in [-0.39, 0.29) is 85.0 Å². The molecule has 60 heavy (non-hydrogen) atoms. The molecule has 0 unspecified atom stereocenters. The number of carbonyl (C=O) groups is 2. The molecule has 2 aromatic carbocycles. The van der Waals surface area contributed by atoms with E-state index in [0.29, 0.717) is 69.6 Å². The minimum absolute atomic E-state index is 0. The monoisotopic (exact) mass is 916 g/mol. The number of Topliss-reactive ketones (excluding diaryl/α,β-unsaturated/α-hetero) is 2. The molecule has 0 atom stereocenters. The van der Waals surface area contributed by atoms with Gasteiger partial charge in [0.15, 0.2) is 11.6 Å². The van der Waals surface area contributed by atoms with Gasteiger partial charge >= 0.3 is 0 Å². The first-order chi connectivity index (χ1) is 26.5. The zero-order chi connectivity index (χ0) is 41.6. The van der Waals surface area contributed by atoms with Crippen LogP contribution in [-0.4, -0.2) is 58.5 Å². The second kappa shape index (κ2) is 31.3. The lowest BCUT2D eigenvalue weighted by Crippen LogP contribution is -2.28. The van der Waals surface area contributed by atoms with Crippen molar-refractivity contribution in [1.82, 2.24) is 21.7 Å². The van der Waals surface area contributed by atoms with E-state index in [0.717, 1.165) is 51.4 Å². The summed E-state index contributed by atoms with van der Waals surface area (Å²) in [5.74, 6) is -0.442. The fraction of sp³-hybridized carbons (Fsp3) is 0.389. The molecule has 0 aromatic heterocycles. The fourth-order valence-electron chi connectivity index (χ4n) is 5.17. The Hall–Kier alpha value is -5.70. The Morgan fingerprint density at radius 2 is 0.717 bits per heavy atom. The third-order valence-electron chi connectivity index (χ3n) is 7.98. The van der Waals surface area contributed by atoms with Crippen LogP contribution in [0.15, 0.2) is 56.8 Å². The average Bonchev–Trinajstić information content (AvgIpc) is 3.13. The molecular weight excluding hydrogens is 858 g/mol. The quantitative estimate of drug-likeness (QED) is 0.0252. The van der Waals surface area contributed by atoms with Gasteiger partial charge in [0, 0.05) is 46.5 Å². The molecule has 0 amide bonds. The topological polar surface area (TPSA) is 355 Å². The van der Waals surface area contributed by atoms with Gasteiger partial charge in [0.25, 0.3) is 0 Å². The van der Waals surface area contributed by atoms with Crippen molar-refractivity contribution in [2.24, 2.45) is 43.3 Å². The number of nitrogens with one attached hydrogen (secondary N) is 10. The van der Waals surface area contributed by atoms with Gasteiger partial charge in [-0.25, -0.2) is 21.7 Å². The summed E-state index contributed by atoms with van der Waals surface area (Å²) in [6.07, 6.45) is 8.84. The van der Waals surface area contributed by atoms with E-state index in [9.17, 15) is 9.59 Å². The van der Waals surface area contributed by atoms with Gasteiger partial charge in [0.05, 0.1) is 11.4 Å². The SMILES string of the molecule is CC(=O)c1cc(NC(CCCCCCCCCCC(=NNC(=N)N)Nc2cc(C(C)=NNC(=N)N)cc(C(C)=NNC(=N)N)c2)=NNC(=N)N)cc(C(C)=O)c1.Cl.Cl.Cl.Cl. The number of hydrazone groups is 4. The Morgan fingerprint density at radius 3 is 1.02 bits per heavy atom. The normalized spacial score (nSPS) is 11.2. The van der Waals surface area contributed by atoms with Gasteiger partial charge in [-0.2, -0.15) is 20.4 Å². The number of carbonyl (C=O) groups excluding carboxylic acids is 2. The van der Waals surface area contributed by atoms with Gasteiger partial charge in [-0.1, -0.05) is 38.5 Å². The van der Waals surface area contributed by atoms with Crippen molar-refractivity contribution in [3.63, 3.8) is 0 Å². The Morgan fingerprint density at radius 1 is 0.450 bits per heavy atom. The maximum Gasteiger partial charge on any atom is 0.206 e. The number of anilines is 2. The van der Waals surface area contributed by atoms with E-state index in [1.807, 2.05) is 18.2 Å². The van der Waals surface area contributed by atoms with Crippen LogP contribution in [0, 0.1) is 21.6 Å². The molecule has 0 fully saturated rings. The van der Waals surface area contributed by atoms with Crippen molar-refractivity contribution in [1.29, 1.82) is 21.6 Å². The van der Waals surface area contributed by atoms with Crippen molar-refractivity contribution >= 4 is 120 Å². The molecule has 0 aliphatic carbocycles. The van der Waals surface area contributed by atoms with Gasteiger partial charge in [-0.15, -0.1) is 49.6 Å². The van der Waals surface area contributed by atoms with Gasteiger partial charge < -0.3 is 33.6 Å². The van der Waals surface area contributed by atoms with Crippen LogP contribution in [0.3, 0.4) is 0 Å². The summed E-state index contributed by atoms with van der Waals surface area (Å²) in [7, 11) is 0. The maximum absolute atomic E-state index is 12.0. The van der Waals surface area contributed by atoms with Crippen LogP contribution in [0.2, 0.25) is 0 Å². The zero-order valence-corrected chi connectivity index (χ0v) is 37.3. The molecule has 0 saturated heterocycles. The number of nitrogens with two attached hydrogens (primary N) is 4. The number of halogens is 4. The molecule has 0 aliphatic rings. The summed E-state index contributed by atoms with van der Waals surface area (Å²) in [6, 6.07) is 10.4. The highest BCUT2D eigenvalue weighted by atomic mass is 35.5. The third-order valence-corrected chi connectivity index (χ3v) is 7.98. The van der Waals surface area contributed by atoms with Crippen LogP contribution >= 0.6 is 49.6 Å². The Balaban J connectivity index is -0.00000812. The molecule has 0 aliphatic heterocycles. The first kappa shape index (κ1) is 58.6. The minimum atomic E-state index is -0.306. The molecule has 0 spiro atoms. The van der Waals surface area contributed by atoms with Crippen LogP contribution in [-0.2, 0) is 0 Å². The summed E-state index contributed by atoms with van der Waals surface area (Å²) in [5.41, 5.74) is 36.2. The number of rotatable bonds is 21. The van der Waals surface area contributed by atoms with Gasteiger partial charge in [-0.05, 0) is 76.9 Å². The van der Waals surface area contributed by atoms with Crippen LogP contribution < -0.4 is 55.3 Å². The second-order valence-corrected chi connectivity index (χ2v) is 12.9. The molecule has 0 saturated carbocycles. The molecule has 0 radical (unpaired) electrons. The first-order valence-corrected chi connectivity index (χ1v) is 18.0. The van der Waals surface area contributed by atoms with Crippen molar-refractivity contribution < 1.29 is 9.59 Å². The second-order valence-electron chi connectivity index (χ2n) is 12.9. The van der Waals surface area contributed by atoms with E-state index in [1.54, 1.807) is 32.0 Å². The van der Waals surface area contributed by atoms with Crippen LogP contribution in [0.4, 0.5) is 11.4 Å². The smallest absolute Gasteiger partial charge is 0.206 e. The Bertz CT molecular complexity index is 1800. The van der Waals surface area contributed by atoms with Crippen molar-refractivity contribution in [3.8, 4) is 0 Å². The predicted octanol–water partition coefficient (Wildman–Crippen LogP) is 5.21. The zero-order valence-electron chi connectivity index (χ0n) is 34.1.